The number of carbonyl (C=O) groups excluding carboxylic acids is 3. The molecule has 2 rings (SSSR count). The number of amides is 2. The van der Waals surface area contributed by atoms with Crippen LogP contribution in [0.3, 0.4) is 0 Å². The molecule has 8 heteroatoms. The monoisotopic (exact) mass is 390 g/mol. The Morgan fingerprint density at radius 3 is 2.63 bits per heavy atom. The smallest absolute Gasteiger partial charge is 0.323 e. The van der Waals surface area contributed by atoms with Gasteiger partial charge in [0, 0.05) is 13.1 Å². The molecule has 0 aliphatic carbocycles. The minimum absolute atomic E-state index is 0.188. The van der Waals surface area contributed by atoms with Crippen LogP contribution in [-0.4, -0.2) is 50.7 Å². The Kier molecular flexibility index (Phi) is 7.60. The van der Waals surface area contributed by atoms with E-state index >= 15 is 0 Å². The van der Waals surface area contributed by atoms with Crippen LogP contribution in [0.4, 0.5) is 0 Å². The van der Waals surface area contributed by atoms with Crippen molar-refractivity contribution in [3.63, 3.8) is 0 Å². The van der Waals surface area contributed by atoms with Gasteiger partial charge < -0.3 is 15.3 Å². The van der Waals surface area contributed by atoms with Gasteiger partial charge in [0.15, 0.2) is 5.12 Å². The number of allylic oxidation sites excluding steroid dienone is 1. The fourth-order valence-electron chi connectivity index (χ4n) is 2.75. The second-order valence-corrected chi connectivity index (χ2v) is 7.55. The maximum atomic E-state index is 12.7. The SMILES string of the molecule is CC(=O)S[C@H](Cc1ccccc1)C(=O)N[C@H]1CCC=CN(CC(=O)O)C1=O. The maximum absolute atomic E-state index is 12.7. The van der Waals surface area contributed by atoms with Gasteiger partial charge in [0.05, 0.1) is 5.25 Å². The molecule has 0 saturated carbocycles. The van der Waals surface area contributed by atoms with E-state index in [0.717, 1.165) is 22.2 Å². The zero-order valence-corrected chi connectivity index (χ0v) is 15.8. The summed E-state index contributed by atoms with van der Waals surface area (Å²) in [4.78, 5) is 48.9. The summed E-state index contributed by atoms with van der Waals surface area (Å²) >= 11 is 0.923. The van der Waals surface area contributed by atoms with E-state index in [-0.39, 0.29) is 5.12 Å². The molecule has 0 radical (unpaired) electrons. The van der Waals surface area contributed by atoms with Gasteiger partial charge >= 0.3 is 5.97 Å². The Hall–Kier alpha value is -2.61. The minimum Gasteiger partial charge on any atom is -0.480 e. The molecule has 2 amide bonds. The van der Waals surface area contributed by atoms with Crippen molar-refractivity contribution in [2.45, 2.75) is 37.5 Å². The summed E-state index contributed by atoms with van der Waals surface area (Å²) < 4.78 is 0. The van der Waals surface area contributed by atoms with Crippen molar-refractivity contribution in [2.75, 3.05) is 6.54 Å². The standard InChI is InChI=1S/C19H22N2O5S/c1-13(22)27-16(11-14-7-3-2-4-8-14)18(25)20-15-9-5-6-10-21(19(15)26)12-17(23)24/h2-4,6-8,10,15-16H,5,9,11-12H2,1H3,(H,20,25)(H,23,24)/t15-,16+/m0/s1. The Labute approximate surface area is 161 Å². The van der Waals surface area contributed by atoms with Gasteiger partial charge in [-0.25, -0.2) is 0 Å². The van der Waals surface area contributed by atoms with Crippen molar-refractivity contribution < 1.29 is 24.3 Å². The van der Waals surface area contributed by atoms with E-state index in [1.807, 2.05) is 30.3 Å². The van der Waals surface area contributed by atoms with E-state index < -0.39 is 35.6 Å². The largest absolute Gasteiger partial charge is 0.480 e. The van der Waals surface area contributed by atoms with Crippen LogP contribution in [0, 0.1) is 0 Å². The number of thioether (sulfide) groups is 1. The average molecular weight is 390 g/mol. The van der Waals surface area contributed by atoms with Gasteiger partial charge in [-0.2, -0.15) is 0 Å². The van der Waals surface area contributed by atoms with Crippen LogP contribution in [0.25, 0.3) is 0 Å². The minimum atomic E-state index is -1.13. The second kappa shape index (κ2) is 9.91. The number of carboxylic acid groups (broad SMARTS) is 1. The molecule has 0 unspecified atom stereocenters. The summed E-state index contributed by atoms with van der Waals surface area (Å²) in [5.41, 5.74) is 0.910. The predicted molar refractivity (Wildman–Crippen MR) is 102 cm³/mol. The fourth-order valence-corrected chi connectivity index (χ4v) is 3.60. The molecule has 1 aliphatic rings. The highest BCUT2D eigenvalue weighted by atomic mass is 32.2. The molecule has 2 N–H and O–H groups in total. The number of rotatable bonds is 7. The molecule has 27 heavy (non-hydrogen) atoms. The number of hydrogen-bond acceptors (Lipinski definition) is 5. The zero-order chi connectivity index (χ0) is 19.8. The number of benzene rings is 1. The van der Waals surface area contributed by atoms with Gasteiger partial charge in [-0.3, -0.25) is 19.2 Å². The van der Waals surface area contributed by atoms with Gasteiger partial charge in [-0.15, -0.1) is 0 Å². The van der Waals surface area contributed by atoms with Crippen molar-refractivity contribution in [2.24, 2.45) is 0 Å². The highest BCUT2D eigenvalue weighted by Crippen LogP contribution is 2.19. The molecular weight excluding hydrogens is 368 g/mol. The van der Waals surface area contributed by atoms with E-state index in [4.69, 9.17) is 5.11 Å². The molecule has 1 heterocycles. The number of carbonyl (C=O) groups is 4. The van der Waals surface area contributed by atoms with E-state index in [1.165, 1.54) is 13.1 Å². The first-order valence-corrected chi connectivity index (χ1v) is 9.45. The highest BCUT2D eigenvalue weighted by Gasteiger charge is 2.30. The van der Waals surface area contributed by atoms with Crippen molar-refractivity contribution in [1.29, 1.82) is 0 Å². The third kappa shape index (κ3) is 6.56. The Morgan fingerprint density at radius 1 is 1.30 bits per heavy atom. The molecule has 0 fully saturated rings. The lowest BCUT2D eigenvalue weighted by Crippen LogP contribution is -2.50. The Morgan fingerprint density at radius 2 is 2.00 bits per heavy atom. The number of hydrogen-bond donors (Lipinski definition) is 2. The topological polar surface area (TPSA) is 104 Å². The number of carboxylic acids is 1. The molecule has 0 bridgehead atoms. The maximum Gasteiger partial charge on any atom is 0.323 e. The summed E-state index contributed by atoms with van der Waals surface area (Å²) in [6.45, 7) is 0.933. The summed E-state index contributed by atoms with van der Waals surface area (Å²) in [5, 5.41) is 10.8. The lowest BCUT2D eigenvalue weighted by atomic mass is 10.1. The first-order chi connectivity index (χ1) is 12.9. The first kappa shape index (κ1) is 20.7. The molecular formula is C19H22N2O5S. The van der Waals surface area contributed by atoms with Crippen LogP contribution < -0.4 is 5.32 Å². The predicted octanol–water partition coefficient (Wildman–Crippen LogP) is 1.58. The van der Waals surface area contributed by atoms with Crippen molar-refractivity contribution >= 4 is 34.7 Å². The van der Waals surface area contributed by atoms with Gasteiger partial charge in [0.1, 0.15) is 12.6 Å². The van der Waals surface area contributed by atoms with Crippen LogP contribution >= 0.6 is 11.8 Å². The van der Waals surface area contributed by atoms with Crippen LogP contribution in [0.5, 0.6) is 0 Å². The quantitative estimate of drug-likeness (QED) is 0.733. The molecule has 144 valence electrons. The van der Waals surface area contributed by atoms with Crippen LogP contribution in [0.15, 0.2) is 42.6 Å². The van der Waals surface area contributed by atoms with E-state index in [1.54, 1.807) is 6.08 Å². The second-order valence-electron chi connectivity index (χ2n) is 6.17. The number of nitrogens with zero attached hydrogens (tertiary/aromatic N) is 1. The highest BCUT2D eigenvalue weighted by molar-refractivity contribution is 8.14. The van der Waals surface area contributed by atoms with E-state index in [2.05, 4.69) is 5.32 Å². The first-order valence-electron chi connectivity index (χ1n) is 8.57. The third-order valence-electron chi connectivity index (χ3n) is 3.98. The van der Waals surface area contributed by atoms with Gasteiger partial charge in [-0.05, 0) is 24.8 Å². The molecule has 1 aromatic rings. The number of nitrogens with one attached hydrogen (secondary N) is 1. The van der Waals surface area contributed by atoms with Crippen LogP contribution in [0.1, 0.15) is 25.3 Å². The van der Waals surface area contributed by atoms with Crippen LogP contribution in [0.2, 0.25) is 0 Å². The van der Waals surface area contributed by atoms with E-state index in [0.29, 0.717) is 19.3 Å². The summed E-state index contributed by atoms with van der Waals surface area (Å²) in [5.74, 6) is -2.01. The van der Waals surface area contributed by atoms with Crippen molar-refractivity contribution in [3.05, 3.63) is 48.2 Å². The molecule has 7 nitrogen and oxygen atoms in total. The fraction of sp³-hybridized carbons (Fsp3) is 0.368. The van der Waals surface area contributed by atoms with E-state index in [9.17, 15) is 19.2 Å². The Balaban J connectivity index is 2.09. The molecule has 0 saturated heterocycles. The van der Waals surface area contributed by atoms with Gasteiger partial charge in [0.25, 0.3) is 0 Å². The molecule has 0 aromatic heterocycles. The van der Waals surface area contributed by atoms with Crippen molar-refractivity contribution in [3.8, 4) is 0 Å². The number of aliphatic carboxylic acids is 1. The summed E-state index contributed by atoms with van der Waals surface area (Å²) in [7, 11) is 0. The lowest BCUT2D eigenvalue weighted by Gasteiger charge is -2.24. The summed E-state index contributed by atoms with van der Waals surface area (Å²) in [6, 6.07) is 8.50. The lowest BCUT2D eigenvalue weighted by molar-refractivity contribution is -0.143. The normalized spacial score (nSPS) is 17.9. The summed E-state index contributed by atoms with van der Waals surface area (Å²) in [6.07, 6.45) is 4.41. The molecule has 1 aromatic carbocycles. The van der Waals surface area contributed by atoms with Crippen LogP contribution in [-0.2, 0) is 25.6 Å². The molecule has 0 spiro atoms. The average Bonchev–Trinajstić information content (AvgIpc) is 2.77. The zero-order valence-electron chi connectivity index (χ0n) is 15.0. The van der Waals surface area contributed by atoms with Crippen molar-refractivity contribution in [1.82, 2.24) is 10.2 Å². The third-order valence-corrected chi connectivity index (χ3v) is 4.97. The Bertz CT molecular complexity index is 735. The molecule has 1 aliphatic heterocycles. The molecule has 2 atom stereocenters. The van der Waals surface area contributed by atoms with Gasteiger partial charge in [-0.1, -0.05) is 48.2 Å². The van der Waals surface area contributed by atoms with Gasteiger partial charge in [0.2, 0.25) is 11.8 Å².